The molecule has 0 fully saturated rings. The number of nitrogens with zero attached hydrogens (tertiary/aromatic N) is 3. The Morgan fingerprint density at radius 3 is 2.23 bits per heavy atom. The lowest BCUT2D eigenvalue weighted by atomic mass is 10.0. The van der Waals surface area contributed by atoms with Crippen molar-refractivity contribution in [1.82, 2.24) is 19.3 Å². The summed E-state index contributed by atoms with van der Waals surface area (Å²) in [5.74, 6) is 0. The molecule has 4 aromatic rings. The van der Waals surface area contributed by atoms with E-state index in [0.717, 1.165) is 22.2 Å². The van der Waals surface area contributed by atoms with E-state index < -0.39 is 30.0 Å². The third kappa shape index (κ3) is 6.95. The lowest BCUT2D eigenvalue weighted by Gasteiger charge is -2.42. The number of ether oxygens (including phenoxy) is 1. The molecule has 1 N–H and O–H groups in total. The molecular formula is C37H50N4O5SSi. The zero-order valence-electron chi connectivity index (χ0n) is 29.7. The summed E-state index contributed by atoms with van der Waals surface area (Å²) < 4.78 is 42.1. The van der Waals surface area contributed by atoms with E-state index in [1.165, 1.54) is 3.97 Å². The Hall–Kier alpha value is -3.54. The van der Waals surface area contributed by atoms with Gasteiger partial charge in [-0.1, -0.05) is 65.8 Å². The fraction of sp³-hybridized carbons (Fsp3) is 0.486. The number of nitrogens with one attached hydrogen (secondary N) is 1. The molecule has 258 valence electrons. The average molecular weight is 691 g/mol. The Balaban J connectivity index is 1.50. The summed E-state index contributed by atoms with van der Waals surface area (Å²) in [6, 6.07) is 13.8. The molecule has 48 heavy (non-hydrogen) atoms. The van der Waals surface area contributed by atoms with E-state index in [9.17, 15) is 13.2 Å². The number of hydrogen-bond donors (Lipinski definition) is 1. The molecule has 1 aliphatic carbocycles. The minimum atomic E-state index is -3.99. The SMILES string of the molecule is CC(C)[Si](OCCc1cnc(-c2cc3c4c(ccc3n2S(=O)(=O)c2ccccc2)[C@H](NC(=O)OC(C)(C)C)CC4)cn1)(C(C)C)C(C)C. The zero-order valence-corrected chi connectivity index (χ0v) is 31.5. The van der Waals surface area contributed by atoms with Gasteiger partial charge in [0, 0.05) is 24.6 Å². The summed E-state index contributed by atoms with van der Waals surface area (Å²) in [4.78, 5) is 22.3. The summed E-state index contributed by atoms with van der Waals surface area (Å²) in [5.41, 5.74) is 5.07. The Morgan fingerprint density at radius 1 is 0.979 bits per heavy atom. The molecule has 2 heterocycles. The molecule has 0 saturated carbocycles. The van der Waals surface area contributed by atoms with Crippen LogP contribution in [0.4, 0.5) is 4.79 Å². The van der Waals surface area contributed by atoms with Crippen LogP contribution in [0.2, 0.25) is 16.6 Å². The van der Waals surface area contributed by atoms with E-state index in [2.05, 4.69) is 46.9 Å². The number of aryl methyl sites for hydroxylation is 1. The van der Waals surface area contributed by atoms with Crippen LogP contribution < -0.4 is 5.32 Å². The molecular weight excluding hydrogens is 641 g/mol. The Kier molecular flexibility index (Phi) is 10.2. The topological polar surface area (TPSA) is 112 Å². The summed E-state index contributed by atoms with van der Waals surface area (Å²) in [6.45, 7) is 19.7. The molecule has 0 spiro atoms. The van der Waals surface area contributed by atoms with Crippen molar-refractivity contribution < 1.29 is 22.4 Å². The highest BCUT2D eigenvalue weighted by Gasteiger charge is 2.44. The standard InChI is InChI=1S/C37H50N4O5SSi/c1-24(2)48(25(3)4,26(5)6)45-20-19-27-22-39-33(23-38-27)35-21-31-29-15-17-32(40-36(42)46-37(7,8)9)30(29)16-18-34(31)41(35)47(43,44)28-13-11-10-12-14-28/h10-14,16,18,21-26,32H,15,17,19-20H2,1-9H3,(H,40,42)/t32-/m1/s1. The fourth-order valence-corrected chi connectivity index (χ4v) is 14.6. The minimum absolute atomic E-state index is 0.184. The Bertz CT molecular complexity index is 1840. The van der Waals surface area contributed by atoms with Crippen molar-refractivity contribution in [3.05, 3.63) is 77.7 Å². The van der Waals surface area contributed by atoms with Crippen molar-refractivity contribution in [2.45, 2.75) is 115 Å². The maximum absolute atomic E-state index is 14.2. The van der Waals surface area contributed by atoms with Crippen LogP contribution in [0, 0.1) is 0 Å². The lowest BCUT2D eigenvalue weighted by molar-refractivity contribution is 0.0503. The van der Waals surface area contributed by atoms with Gasteiger partial charge in [0.05, 0.1) is 34.0 Å². The van der Waals surface area contributed by atoms with Crippen LogP contribution in [-0.2, 0) is 32.0 Å². The molecule has 0 bridgehead atoms. The van der Waals surface area contributed by atoms with E-state index in [1.807, 2.05) is 39.0 Å². The molecule has 2 aromatic heterocycles. The molecule has 0 saturated heterocycles. The van der Waals surface area contributed by atoms with Gasteiger partial charge < -0.3 is 14.5 Å². The van der Waals surface area contributed by atoms with E-state index >= 15 is 0 Å². The second-order valence-electron chi connectivity index (χ2n) is 14.7. The molecule has 0 radical (unpaired) electrons. The van der Waals surface area contributed by atoms with E-state index in [0.29, 0.717) is 59.4 Å². The highest BCUT2D eigenvalue weighted by atomic mass is 32.2. The fourth-order valence-electron chi connectivity index (χ4n) is 7.57. The molecule has 2 aromatic carbocycles. The second-order valence-corrected chi connectivity index (χ2v) is 22.0. The normalized spacial score (nSPS) is 15.5. The average Bonchev–Trinajstić information content (AvgIpc) is 3.60. The van der Waals surface area contributed by atoms with Crippen LogP contribution in [0.1, 0.15) is 91.6 Å². The van der Waals surface area contributed by atoms with Crippen molar-refractivity contribution in [3.8, 4) is 11.4 Å². The number of amides is 1. The first-order valence-electron chi connectivity index (χ1n) is 17.0. The molecule has 0 unspecified atom stereocenters. The van der Waals surface area contributed by atoms with Gasteiger partial charge in [0.2, 0.25) is 0 Å². The smallest absolute Gasteiger partial charge is 0.408 e. The first-order chi connectivity index (χ1) is 22.6. The molecule has 5 rings (SSSR count). The highest BCUT2D eigenvalue weighted by molar-refractivity contribution is 7.90. The third-order valence-corrected chi connectivity index (χ3v) is 17.4. The number of carbonyl (C=O) groups excluding carboxylic acids is 1. The predicted octanol–water partition coefficient (Wildman–Crippen LogP) is 8.58. The van der Waals surface area contributed by atoms with Gasteiger partial charge in [-0.25, -0.2) is 17.2 Å². The van der Waals surface area contributed by atoms with Gasteiger partial charge in [-0.05, 0) is 85.6 Å². The van der Waals surface area contributed by atoms with Gasteiger partial charge >= 0.3 is 6.09 Å². The van der Waals surface area contributed by atoms with Crippen LogP contribution in [-0.4, -0.2) is 49.0 Å². The Morgan fingerprint density at radius 2 is 1.65 bits per heavy atom. The Labute approximate surface area is 286 Å². The quantitative estimate of drug-likeness (QED) is 0.157. The first-order valence-corrected chi connectivity index (χ1v) is 20.6. The van der Waals surface area contributed by atoms with Gasteiger partial charge in [-0.2, -0.15) is 0 Å². The first kappa shape index (κ1) is 35.8. The third-order valence-electron chi connectivity index (χ3n) is 9.50. The van der Waals surface area contributed by atoms with Gasteiger partial charge in [0.25, 0.3) is 10.0 Å². The van der Waals surface area contributed by atoms with Gasteiger partial charge in [0.1, 0.15) is 11.3 Å². The van der Waals surface area contributed by atoms with Crippen LogP contribution in [0.5, 0.6) is 0 Å². The lowest BCUT2D eigenvalue weighted by Crippen LogP contribution is -2.48. The van der Waals surface area contributed by atoms with Crippen LogP contribution >= 0.6 is 0 Å². The predicted molar refractivity (Wildman–Crippen MR) is 193 cm³/mol. The number of carbonyl (C=O) groups is 1. The van der Waals surface area contributed by atoms with Crippen LogP contribution in [0.3, 0.4) is 0 Å². The van der Waals surface area contributed by atoms with Crippen molar-refractivity contribution in [2.24, 2.45) is 0 Å². The van der Waals surface area contributed by atoms with Gasteiger partial charge in [0.15, 0.2) is 8.32 Å². The van der Waals surface area contributed by atoms with E-state index in [4.69, 9.17) is 19.1 Å². The maximum atomic E-state index is 14.2. The number of alkyl carbamates (subject to hydrolysis) is 1. The summed E-state index contributed by atoms with van der Waals surface area (Å²) >= 11 is 0. The number of hydrogen-bond acceptors (Lipinski definition) is 7. The largest absolute Gasteiger partial charge is 0.444 e. The van der Waals surface area contributed by atoms with Crippen molar-refractivity contribution in [2.75, 3.05) is 6.61 Å². The number of aromatic nitrogens is 3. The summed E-state index contributed by atoms with van der Waals surface area (Å²) in [6.07, 6.45) is 4.90. The summed E-state index contributed by atoms with van der Waals surface area (Å²) in [7, 11) is -6.00. The molecule has 9 nitrogen and oxygen atoms in total. The number of rotatable bonds is 11. The van der Waals surface area contributed by atoms with E-state index in [1.54, 1.807) is 42.7 Å². The van der Waals surface area contributed by atoms with Crippen LogP contribution in [0.25, 0.3) is 22.3 Å². The van der Waals surface area contributed by atoms with Gasteiger partial charge in [-0.15, -0.1) is 0 Å². The molecule has 1 aliphatic rings. The number of benzene rings is 2. The molecule has 1 amide bonds. The molecule has 0 aliphatic heterocycles. The number of fused-ring (bicyclic) bond motifs is 3. The van der Waals surface area contributed by atoms with Crippen molar-refractivity contribution >= 4 is 35.3 Å². The minimum Gasteiger partial charge on any atom is -0.444 e. The second kappa shape index (κ2) is 13.8. The van der Waals surface area contributed by atoms with Crippen molar-refractivity contribution in [1.29, 1.82) is 0 Å². The monoisotopic (exact) mass is 690 g/mol. The molecule has 1 atom stereocenters. The van der Waals surface area contributed by atoms with Gasteiger partial charge in [-0.3, -0.25) is 9.97 Å². The molecule has 11 heteroatoms. The van der Waals surface area contributed by atoms with Crippen LogP contribution in [0.15, 0.2) is 65.8 Å². The summed E-state index contributed by atoms with van der Waals surface area (Å²) in [5, 5.41) is 3.81. The van der Waals surface area contributed by atoms with E-state index in [-0.39, 0.29) is 10.9 Å². The zero-order chi connectivity index (χ0) is 35.0. The van der Waals surface area contributed by atoms with Crippen molar-refractivity contribution in [3.63, 3.8) is 0 Å². The highest BCUT2D eigenvalue weighted by Crippen LogP contribution is 2.43. The maximum Gasteiger partial charge on any atom is 0.408 e.